The van der Waals surface area contributed by atoms with Gasteiger partial charge in [-0.05, 0) is 11.5 Å². The highest BCUT2D eigenvalue weighted by Crippen LogP contribution is 2.22. The number of aromatic nitrogens is 4. The Balaban J connectivity index is 1.95. The van der Waals surface area contributed by atoms with Gasteiger partial charge in [0.15, 0.2) is 0 Å². The van der Waals surface area contributed by atoms with Gasteiger partial charge in [-0.25, -0.2) is 0 Å². The van der Waals surface area contributed by atoms with E-state index >= 15 is 0 Å². The van der Waals surface area contributed by atoms with Gasteiger partial charge in [0.25, 0.3) is 0 Å². The fraction of sp³-hybridized carbons (Fsp3) is 0.214. The minimum Gasteiger partial charge on any atom is -0.322 e. The van der Waals surface area contributed by atoms with Gasteiger partial charge in [-0.2, -0.15) is 0 Å². The molecule has 3 rings (SSSR count). The Labute approximate surface area is 111 Å². The average Bonchev–Trinajstić information content (AvgIpc) is 2.83. The zero-order valence-electron chi connectivity index (χ0n) is 10.7. The van der Waals surface area contributed by atoms with Gasteiger partial charge in [-0.15, -0.1) is 5.10 Å². The summed E-state index contributed by atoms with van der Waals surface area (Å²) in [6.07, 6.45) is 4.31. The molecule has 2 N–H and O–H groups in total. The second-order valence-corrected chi connectivity index (χ2v) is 4.61. The van der Waals surface area contributed by atoms with Crippen LogP contribution in [0, 0.1) is 0 Å². The number of hydrogen-bond acceptors (Lipinski definition) is 4. The van der Waals surface area contributed by atoms with Crippen LogP contribution in [0.15, 0.2) is 42.7 Å². The highest BCUT2D eigenvalue weighted by Gasteiger charge is 2.13. The third-order valence-corrected chi connectivity index (χ3v) is 3.13. The molecule has 96 valence electrons. The maximum atomic E-state index is 6.26. The van der Waals surface area contributed by atoms with Gasteiger partial charge in [0.05, 0.1) is 17.4 Å². The summed E-state index contributed by atoms with van der Waals surface area (Å²) in [6.45, 7) is 0. The predicted octanol–water partition coefficient (Wildman–Crippen LogP) is 1.61. The molecule has 1 unspecified atom stereocenters. The number of aryl methyl sites for hydroxylation is 1. The molecule has 2 aromatic heterocycles. The molecule has 0 saturated heterocycles. The van der Waals surface area contributed by atoms with Crippen LogP contribution in [0.3, 0.4) is 0 Å². The van der Waals surface area contributed by atoms with Crippen LogP contribution in [0.25, 0.3) is 10.8 Å². The smallest absolute Gasteiger partial charge is 0.0846 e. The number of fused-ring (bicyclic) bond motifs is 1. The molecule has 0 saturated carbocycles. The quantitative estimate of drug-likeness (QED) is 0.769. The van der Waals surface area contributed by atoms with Crippen LogP contribution >= 0.6 is 0 Å². The second-order valence-electron chi connectivity index (χ2n) is 4.61. The topological polar surface area (TPSA) is 69.6 Å². The lowest BCUT2D eigenvalue weighted by Gasteiger charge is -2.12. The van der Waals surface area contributed by atoms with E-state index in [1.54, 1.807) is 10.9 Å². The predicted molar refractivity (Wildman–Crippen MR) is 73.4 cm³/mol. The van der Waals surface area contributed by atoms with Gasteiger partial charge in [0.2, 0.25) is 0 Å². The zero-order valence-corrected chi connectivity index (χ0v) is 10.7. The Morgan fingerprint density at radius 2 is 2.11 bits per heavy atom. The van der Waals surface area contributed by atoms with E-state index in [-0.39, 0.29) is 6.04 Å². The van der Waals surface area contributed by atoms with Gasteiger partial charge in [0, 0.05) is 31.2 Å². The van der Waals surface area contributed by atoms with E-state index in [1.165, 1.54) is 0 Å². The van der Waals surface area contributed by atoms with Crippen molar-refractivity contribution in [2.75, 3.05) is 0 Å². The first kappa shape index (κ1) is 11.8. The number of rotatable bonds is 3. The standard InChI is InChI=1S/C14H15N5/c1-19-9-11(17-18-19)8-13(15)14-12-5-3-2-4-10(12)6-7-16-14/h2-7,9,13H,8,15H2,1H3. The summed E-state index contributed by atoms with van der Waals surface area (Å²) < 4.78 is 1.68. The highest BCUT2D eigenvalue weighted by molar-refractivity contribution is 5.84. The number of pyridine rings is 1. The molecule has 1 aromatic carbocycles. The van der Waals surface area contributed by atoms with E-state index in [9.17, 15) is 0 Å². The van der Waals surface area contributed by atoms with Crippen LogP contribution in [0.1, 0.15) is 17.4 Å². The first-order valence-corrected chi connectivity index (χ1v) is 6.18. The van der Waals surface area contributed by atoms with Crippen molar-refractivity contribution >= 4 is 10.8 Å². The van der Waals surface area contributed by atoms with E-state index in [0.29, 0.717) is 6.42 Å². The maximum Gasteiger partial charge on any atom is 0.0846 e. The van der Waals surface area contributed by atoms with Crippen LogP contribution in [0.5, 0.6) is 0 Å². The molecule has 5 nitrogen and oxygen atoms in total. The molecule has 0 spiro atoms. The summed E-state index contributed by atoms with van der Waals surface area (Å²) in [6, 6.07) is 9.95. The van der Waals surface area contributed by atoms with Crippen LogP contribution in [0.4, 0.5) is 0 Å². The first-order chi connectivity index (χ1) is 9.24. The molecular weight excluding hydrogens is 238 g/mol. The average molecular weight is 253 g/mol. The van der Waals surface area contributed by atoms with E-state index < -0.39 is 0 Å². The molecule has 5 heteroatoms. The molecule has 19 heavy (non-hydrogen) atoms. The molecule has 0 bridgehead atoms. The molecule has 2 heterocycles. The summed E-state index contributed by atoms with van der Waals surface area (Å²) in [4.78, 5) is 4.43. The van der Waals surface area contributed by atoms with Crippen molar-refractivity contribution in [3.8, 4) is 0 Å². The number of benzene rings is 1. The summed E-state index contributed by atoms with van der Waals surface area (Å²) in [7, 11) is 1.85. The Kier molecular flexibility index (Phi) is 2.97. The van der Waals surface area contributed by atoms with Crippen molar-refractivity contribution in [1.29, 1.82) is 0 Å². The third kappa shape index (κ3) is 2.32. The molecule has 0 fully saturated rings. The minimum absolute atomic E-state index is 0.178. The lowest BCUT2D eigenvalue weighted by Crippen LogP contribution is -2.15. The van der Waals surface area contributed by atoms with Gasteiger partial charge in [0.1, 0.15) is 0 Å². The molecule has 0 amide bonds. The van der Waals surface area contributed by atoms with Crippen molar-refractivity contribution < 1.29 is 0 Å². The SMILES string of the molecule is Cn1cc(CC(N)c2nccc3ccccc23)nn1. The fourth-order valence-electron chi connectivity index (χ4n) is 2.25. The minimum atomic E-state index is -0.178. The van der Waals surface area contributed by atoms with Crippen LogP contribution < -0.4 is 5.73 Å². The van der Waals surface area contributed by atoms with Gasteiger partial charge >= 0.3 is 0 Å². The summed E-state index contributed by atoms with van der Waals surface area (Å²) >= 11 is 0. The first-order valence-electron chi connectivity index (χ1n) is 6.18. The Bertz CT molecular complexity index is 698. The van der Waals surface area contributed by atoms with Crippen molar-refractivity contribution in [3.63, 3.8) is 0 Å². The van der Waals surface area contributed by atoms with E-state index in [4.69, 9.17) is 5.73 Å². The largest absolute Gasteiger partial charge is 0.322 e. The van der Waals surface area contributed by atoms with E-state index in [1.807, 2.05) is 37.5 Å². The highest BCUT2D eigenvalue weighted by atomic mass is 15.4. The lowest BCUT2D eigenvalue weighted by atomic mass is 10.0. The molecule has 0 radical (unpaired) electrons. The van der Waals surface area contributed by atoms with Crippen molar-refractivity contribution in [3.05, 3.63) is 54.1 Å². The Morgan fingerprint density at radius 3 is 2.89 bits per heavy atom. The lowest BCUT2D eigenvalue weighted by molar-refractivity contribution is 0.683. The summed E-state index contributed by atoms with van der Waals surface area (Å²) in [5.74, 6) is 0. The number of hydrogen-bond donors (Lipinski definition) is 1. The van der Waals surface area contributed by atoms with Crippen molar-refractivity contribution in [1.82, 2.24) is 20.0 Å². The molecule has 0 aliphatic rings. The summed E-state index contributed by atoms with van der Waals surface area (Å²) in [5.41, 5.74) is 8.05. The van der Waals surface area contributed by atoms with E-state index in [0.717, 1.165) is 22.2 Å². The summed E-state index contributed by atoms with van der Waals surface area (Å²) in [5, 5.41) is 10.2. The molecule has 1 atom stereocenters. The zero-order chi connectivity index (χ0) is 13.2. The Morgan fingerprint density at radius 1 is 1.26 bits per heavy atom. The molecule has 0 aliphatic heterocycles. The van der Waals surface area contributed by atoms with Gasteiger partial charge in [-0.3, -0.25) is 9.67 Å². The normalized spacial score (nSPS) is 12.7. The molecular formula is C14H15N5. The number of nitrogens with zero attached hydrogens (tertiary/aromatic N) is 4. The third-order valence-electron chi connectivity index (χ3n) is 3.13. The van der Waals surface area contributed by atoms with E-state index in [2.05, 4.69) is 21.4 Å². The Hall–Kier alpha value is -2.27. The molecule has 0 aliphatic carbocycles. The van der Waals surface area contributed by atoms with Crippen molar-refractivity contribution in [2.24, 2.45) is 12.8 Å². The van der Waals surface area contributed by atoms with Crippen molar-refractivity contribution in [2.45, 2.75) is 12.5 Å². The second kappa shape index (κ2) is 4.78. The molecule has 3 aromatic rings. The van der Waals surface area contributed by atoms with Gasteiger partial charge < -0.3 is 5.73 Å². The van der Waals surface area contributed by atoms with Gasteiger partial charge in [-0.1, -0.05) is 29.5 Å². The monoisotopic (exact) mass is 253 g/mol. The fourth-order valence-corrected chi connectivity index (χ4v) is 2.25. The van der Waals surface area contributed by atoms with Crippen LogP contribution in [-0.4, -0.2) is 20.0 Å². The van der Waals surface area contributed by atoms with Crippen LogP contribution in [-0.2, 0) is 13.5 Å². The maximum absolute atomic E-state index is 6.26. The number of nitrogens with two attached hydrogens (primary N) is 1. The van der Waals surface area contributed by atoms with Crippen LogP contribution in [0.2, 0.25) is 0 Å².